The Morgan fingerprint density at radius 3 is 2.36 bits per heavy atom. The van der Waals surface area contributed by atoms with Crippen LogP contribution in [0.2, 0.25) is 5.02 Å². The molecule has 0 unspecified atom stereocenters. The van der Waals surface area contributed by atoms with Crippen molar-refractivity contribution in [2.24, 2.45) is 0 Å². The number of rotatable bonds is 4. The summed E-state index contributed by atoms with van der Waals surface area (Å²) in [7, 11) is -4.62. The first-order valence-corrected chi connectivity index (χ1v) is 7.33. The first kappa shape index (κ1) is 16.1. The molecule has 116 valence electrons. The minimum absolute atomic E-state index is 0.0431. The predicted octanol–water partition coefficient (Wildman–Crippen LogP) is 3.29. The molecule has 0 spiro atoms. The van der Waals surface area contributed by atoms with Crippen LogP contribution in [0.25, 0.3) is 0 Å². The third kappa shape index (κ3) is 3.31. The van der Waals surface area contributed by atoms with E-state index in [2.05, 4.69) is 4.18 Å². The summed E-state index contributed by atoms with van der Waals surface area (Å²) in [5, 5.41) is 10.8. The largest absolute Gasteiger partial charge is 0.379 e. The van der Waals surface area contributed by atoms with Crippen LogP contribution >= 0.6 is 11.6 Å². The summed E-state index contributed by atoms with van der Waals surface area (Å²) in [4.78, 5) is 9.18. The summed E-state index contributed by atoms with van der Waals surface area (Å²) >= 11 is 5.58. The zero-order valence-corrected chi connectivity index (χ0v) is 12.1. The van der Waals surface area contributed by atoms with Crippen molar-refractivity contribution in [3.05, 3.63) is 63.2 Å². The van der Waals surface area contributed by atoms with E-state index in [1.807, 2.05) is 0 Å². The highest BCUT2D eigenvalue weighted by Gasteiger charge is 2.28. The van der Waals surface area contributed by atoms with Crippen LogP contribution in [0.15, 0.2) is 41.3 Å². The Bertz CT molecular complexity index is 857. The molecule has 22 heavy (non-hydrogen) atoms. The molecule has 0 N–H and O–H groups in total. The summed E-state index contributed by atoms with van der Waals surface area (Å²) in [5.74, 6) is -3.04. The Morgan fingerprint density at radius 2 is 1.77 bits per heavy atom. The van der Waals surface area contributed by atoms with Gasteiger partial charge in [0, 0.05) is 17.2 Å². The Morgan fingerprint density at radius 1 is 1.09 bits per heavy atom. The molecule has 0 aliphatic carbocycles. The number of halogens is 3. The molecule has 2 aromatic carbocycles. The van der Waals surface area contributed by atoms with Crippen LogP contribution in [0.4, 0.5) is 14.5 Å². The van der Waals surface area contributed by atoms with E-state index in [1.54, 1.807) is 0 Å². The van der Waals surface area contributed by atoms with Crippen molar-refractivity contribution in [2.45, 2.75) is 4.90 Å². The normalized spacial score (nSPS) is 11.2. The van der Waals surface area contributed by atoms with Gasteiger partial charge in [0.2, 0.25) is 0 Å². The van der Waals surface area contributed by atoms with Gasteiger partial charge in [0.25, 0.3) is 5.69 Å². The number of nitro groups is 1. The fraction of sp³-hybridized carbons (Fsp3) is 0. The molecule has 0 bridgehead atoms. The van der Waals surface area contributed by atoms with Crippen LogP contribution in [0.3, 0.4) is 0 Å². The summed E-state index contributed by atoms with van der Waals surface area (Å²) in [6.07, 6.45) is 0. The lowest BCUT2D eigenvalue weighted by Crippen LogP contribution is -2.12. The van der Waals surface area contributed by atoms with Crippen LogP contribution in [-0.4, -0.2) is 13.3 Å². The van der Waals surface area contributed by atoms with Gasteiger partial charge >= 0.3 is 10.1 Å². The first-order chi connectivity index (χ1) is 10.2. The maximum atomic E-state index is 13.0. The van der Waals surface area contributed by atoms with Gasteiger partial charge < -0.3 is 4.18 Å². The fourth-order valence-electron chi connectivity index (χ4n) is 1.54. The van der Waals surface area contributed by atoms with Crippen molar-refractivity contribution in [1.82, 2.24) is 0 Å². The van der Waals surface area contributed by atoms with Gasteiger partial charge in [-0.25, -0.2) is 8.78 Å². The summed E-state index contributed by atoms with van der Waals surface area (Å²) in [6, 6.07) is 4.89. The zero-order valence-electron chi connectivity index (χ0n) is 10.5. The van der Waals surface area contributed by atoms with E-state index < -0.39 is 43.0 Å². The average Bonchev–Trinajstić information content (AvgIpc) is 2.42. The van der Waals surface area contributed by atoms with Crippen molar-refractivity contribution < 1.29 is 26.3 Å². The highest BCUT2D eigenvalue weighted by molar-refractivity contribution is 7.87. The summed E-state index contributed by atoms with van der Waals surface area (Å²) in [6.45, 7) is 0. The quantitative estimate of drug-likeness (QED) is 0.480. The molecule has 0 saturated heterocycles. The molecule has 0 heterocycles. The second kappa shape index (κ2) is 5.85. The van der Waals surface area contributed by atoms with Crippen LogP contribution in [0.1, 0.15) is 0 Å². The minimum atomic E-state index is -4.62. The average molecular weight is 350 g/mol. The van der Waals surface area contributed by atoms with Crippen molar-refractivity contribution in [3.63, 3.8) is 0 Å². The molecule has 0 saturated carbocycles. The molecule has 0 radical (unpaired) electrons. The van der Waals surface area contributed by atoms with Gasteiger partial charge in [-0.1, -0.05) is 11.6 Å². The second-order valence-corrected chi connectivity index (χ2v) is 5.93. The van der Waals surface area contributed by atoms with Crippen LogP contribution < -0.4 is 4.18 Å². The number of nitro benzene ring substituents is 1. The number of benzene rings is 2. The lowest BCUT2D eigenvalue weighted by atomic mass is 10.3. The number of nitrogens with zero attached hydrogens (tertiary/aromatic N) is 1. The SMILES string of the molecule is O=[N+]([O-])c1cc(Cl)ccc1S(=O)(=O)Oc1ccc(F)c(F)c1. The third-order valence-electron chi connectivity index (χ3n) is 2.48. The topological polar surface area (TPSA) is 86.5 Å². The van der Waals surface area contributed by atoms with Gasteiger partial charge in [-0.05, 0) is 24.3 Å². The molecule has 0 aromatic heterocycles. The van der Waals surface area contributed by atoms with Gasteiger partial charge in [0.15, 0.2) is 16.5 Å². The van der Waals surface area contributed by atoms with Gasteiger partial charge in [-0.15, -0.1) is 0 Å². The molecule has 2 rings (SSSR count). The highest BCUT2D eigenvalue weighted by atomic mass is 35.5. The van der Waals surface area contributed by atoms with Gasteiger partial charge in [-0.2, -0.15) is 8.42 Å². The zero-order chi connectivity index (χ0) is 16.5. The molecule has 6 nitrogen and oxygen atoms in total. The van der Waals surface area contributed by atoms with Crippen molar-refractivity contribution >= 4 is 27.4 Å². The molecule has 0 amide bonds. The minimum Gasteiger partial charge on any atom is -0.379 e. The fourth-order valence-corrected chi connectivity index (χ4v) is 2.78. The lowest BCUT2D eigenvalue weighted by molar-refractivity contribution is -0.387. The molecule has 0 atom stereocenters. The standard InChI is InChI=1S/C12H6ClF2NO5S/c13-7-1-4-12(11(5-7)16(17)18)22(19,20)21-8-2-3-9(14)10(15)6-8/h1-6H. The monoisotopic (exact) mass is 349 g/mol. The maximum absolute atomic E-state index is 13.0. The molecular formula is C12H6ClF2NO5S. The number of hydrogen-bond donors (Lipinski definition) is 0. The molecule has 0 aliphatic heterocycles. The summed E-state index contributed by atoms with van der Waals surface area (Å²) < 4.78 is 54.5. The summed E-state index contributed by atoms with van der Waals surface area (Å²) in [5.41, 5.74) is -0.796. The van der Waals surface area contributed by atoms with Gasteiger partial charge in [0.05, 0.1) is 4.92 Å². The lowest BCUT2D eigenvalue weighted by Gasteiger charge is -2.08. The maximum Gasteiger partial charge on any atom is 0.346 e. The molecule has 2 aromatic rings. The molecule has 0 fully saturated rings. The molecule has 0 aliphatic rings. The molecule has 10 heteroatoms. The predicted molar refractivity (Wildman–Crippen MR) is 72.3 cm³/mol. The number of hydrogen-bond acceptors (Lipinski definition) is 5. The van der Waals surface area contributed by atoms with Crippen molar-refractivity contribution in [1.29, 1.82) is 0 Å². The van der Waals surface area contributed by atoms with Crippen molar-refractivity contribution in [2.75, 3.05) is 0 Å². The van der Waals surface area contributed by atoms with Crippen LogP contribution in [0, 0.1) is 21.7 Å². The van der Waals surface area contributed by atoms with E-state index in [0.29, 0.717) is 12.1 Å². The smallest absolute Gasteiger partial charge is 0.346 e. The van der Waals surface area contributed by atoms with E-state index in [0.717, 1.165) is 24.3 Å². The Balaban J connectivity index is 2.47. The van der Waals surface area contributed by atoms with E-state index in [9.17, 15) is 27.3 Å². The van der Waals surface area contributed by atoms with E-state index in [-0.39, 0.29) is 5.02 Å². The van der Waals surface area contributed by atoms with Crippen LogP contribution in [-0.2, 0) is 10.1 Å². The van der Waals surface area contributed by atoms with Gasteiger partial charge in [0.1, 0.15) is 5.75 Å². The first-order valence-electron chi connectivity index (χ1n) is 5.54. The Hall–Kier alpha value is -2.26. The van der Waals surface area contributed by atoms with E-state index in [1.165, 1.54) is 0 Å². The highest BCUT2D eigenvalue weighted by Crippen LogP contribution is 2.29. The van der Waals surface area contributed by atoms with Crippen molar-refractivity contribution in [3.8, 4) is 5.75 Å². The van der Waals surface area contributed by atoms with Crippen LogP contribution in [0.5, 0.6) is 5.75 Å². The van der Waals surface area contributed by atoms with Gasteiger partial charge in [-0.3, -0.25) is 10.1 Å². The third-order valence-corrected chi connectivity index (χ3v) is 4.01. The Labute approximate surface area is 128 Å². The second-order valence-electron chi connectivity index (χ2n) is 3.98. The Kier molecular flexibility index (Phi) is 4.29. The van der Waals surface area contributed by atoms with E-state index in [4.69, 9.17) is 11.6 Å². The molecular weight excluding hydrogens is 344 g/mol. The van der Waals surface area contributed by atoms with E-state index >= 15 is 0 Å².